The van der Waals surface area contributed by atoms with Gasteiger partial charge in [-0.15, -0.1) is 0 Å². The van der Waals surface area contributed by atoms with E-state index in [1.807, 2.05) is 18.2 Å². The molecule has 0 unspecified atom stereocenters. The summed E-state index contributed by atoms with van der Waals surface area (Å²) in [4.78, 5) is 35.6. The topological polar surface area (TPSA) is 72.5 Å². The summed E-state index contributed by atoms with van der Waals surface area (Å²) >= 11 is 0. The second-order valence-electron chi connectivity index (χ2n) is 6.07. The summed E-state index contributed by atoms with van der Waals surface area (Å²) in [5.74, 6) is -1.88. The summed E-state index contributed by atoms with van der Waals surface area (Å²) in [6.07, 6.45) is -4.22. The largest absolute Gasteiger partial charge is 0.452 e. The van der Waals surface area contributed by atoms with Crippen LogP contribution in [-0.2, 0) is 26.9 Å². The van der Waals surface area contributed by atoms with Crippen molar-refractivity contribution in [2.45, 2.75) is 25.6 Å². The zero-order chi connectivity index (χ0) is 20.7. The van der Waals surface area contributed by atoms with Gasteiger partial charge in [-0.2, -0.15) is 13.2 Å². The fraction of sp³-hybridized carbons (Fsp3) is 0.250. The second kappa shape index (κ2) is 9.16. The van der Waals surface area contributed by atoms with Gasteiger partial charge in [-0.3, -0.25) is 9.59 Å². The van der Waals surface area contributed by atoms with Crippen LogP contribution in [0.5, 0.6) is 0 Å². The smallest absolute Gasteiger partial charge is 0.416 e. The highest BCUT2D eigenvalue weighted by Crippen LogP contribution is 2.29. The Bertz CT molecular complexity index is 833. The van der Waals surface area contributed by atoms with E-state index in [2.05, 4.69) is 5.32 Å². The highest BCUT2D eigenvalue weighted by molar-refractivity contribution is 5.92. The van der Waals surface area contributed by atoms with Crippen LogP contribution >= 0.6 is 0 Å². The van der Waals surface area contributed by atoms with E-state index >= 15 is 0 Å². The number of carbonyl (C=O) groups excluding carboxylic acids is 3. The highest BCUT2D eigenvalue weighted by Gasteiger charge is 2.30. The van der Waals surface area contributed by atoms with Crippen LogP contribution in [0.3, 0.4) is 0 Å². The molecule has 2 rings (SSSR count). The quantitative estimate of drug-likeness (QED) is 0.734. The SMILES string of the molecule is CC(=O)[C@@H](Cc1ccccc1)NC(=O)COC(=O)c1ccc(C(F)(F)F)cc1. The van der Waals surface area contributed by atoms with E-state index < -0.39 is 36.3 Å². The van der Waals surface area contributed by atoms with Crippen molar-refractivity contribution in [3.63, 3.8) is 0 Å². The second-order valence-corrected chi connectivity index (χ2v) is 6.07. The third-order valence-corrected chi connectivity index (χ3v) is 3.89. The summed E-state index contributed by atoms with van der Waals surface area (Å²) in [6, 6.07) is 11.7. The maximum Gasteiger partial charge on any atom is 0.416 e. The molecular formula is C20H18F3NO4. The van der Waals surface area contributed by atoms with Crippen LogP contribution in [0.25, 0.3) is 0 Å². The molecule has 0 saturated carbocycles. The van der Waals surface area contributed by atoms with Gasteiger partial charge in [0.2, 0.25) is 0 Å². The first-order valence-electron chi connectivity index (χ1n) is 8.35. The Kier molecular flexibility index (Phi) is 6.92. The van der Waals surface area contributed by atoms with Gasteiger partial charge in [0.15, 0.2) is 12.4 Å². The van der Waals surface area contributed by atoms with Crippen LogP contribution in [0.2, 0.25) is 0 Å². The average molecular weight is 393 g/mol. The Morgan fingerprint density at radius 1 is 1.00 bits per heavy atom. The number of hydrogen-bond acceptors (Lipinski definition) is 4. The van der Waals surface area contributed by atoms with Crippen LogP contribution < -0.4 is 5.32 Å². The molecule has 0 aliphatic rings. The minimum absolute atomic E-state index is 0.117. The van der Waals surface area contributed by atoms with E-state index in [4.69, 9.17) is 4.74 Å². The third-order valence-electron chi connectivity index (χ3n) is 3.89. The number of benzene rings is 2. The number of rotatable bonds is 7. The van der Waals surface area contributed by atoms with Crippen LogP contribution in [0.1, 0.15) is 28.4 Å². The number of ether oxygens (including phenoxy) is 1. The lowest BCUT2D eigenvalue weighted by atomic mass is 10.0. The molecule has 1 atom stereocenters. The summed E-state index contributed by atoms with van der Waals surface area (Å²) in [6.45, 7) is 0.681. The van der Waals surface area contributed by atoms with Crippen molar-refractivity contribution in [3.8, 4) is 0 Å². The molecule has 8 heteroatoms. The highest BCUT2D eigenvalue weighted by atomic mass is 19.4. The molecule has 0 heterocycles. The number of hydrogen-bond donors (Lipinski definition) is 1. The fourth-order valence-electron chi connectivity index (χ4n) is 2.39. The van der Waals surface area contributed by atoms with Gasteiger partial charge >= 0.3 is 12.1 Å². The normalized spacial score (nSPS) is 12.1. The van der Waals surface area contributed by atoms with Gasteiger partial charge in [-0.1, -0.05) is 30.3 Å². The Morgan fingerprint density at radius 3 is 2.14 bits per heavy atom. The van der Waals surface area contributed by atoms with E-state index in [0.717, 1.165) is 29.8 Å². The van der Waals surface area contributed by atoms with Crippen molar-refractivity contribution < 1.29 is 32.3 Å². The fourth-order valence-corrected chi connectivity index (χ4v) is 2.39. The van der Waals surface area contributed by atoms with Crippen LogP contribution in [0, 0.1) is 0 Å². The average Bonchev–Trinajstić information content (AvgIpc) is 2.65. The van der Waals surface area contributed by atoms with Gasteiger partial charge in [-0.25, -0.2) is 4.79 Å². The lowest BCUT2D eigenvalue weighted by molar-refractivity contribution is -0.137. The maximum absolute atomic E-state index is 12.5. The van der Waals surface area contributed by atoms with Crippen molar-refractivity contribution in [1.82, 2.24) is 5.32 Å². The number of halogens is 3. The molecule has 0 aliphatic carbocycles. The molecule has 0 aliphatic heterocycles. The van der Waals surface area contributed by atoms with Crippen molar-refractivity contribution in [2.75, 3.05) is 6.61 Å². The number of esters is 1. The van der Waals surface area contributed by atoms with Gasteiger partial charge in [0, 0.05) is 0 Å². The molecule has 2 aromatic carbocycles. The summed E-state index contributed by atoms with van der Waals surface area (Å²) in [7, 11) is 0. The zero-order valence-corrected chi connectivity index (χ0v) is 15.0. The molecule has 1 N–H and O–H groups in total. The third kappa shape index (κ3) is 6.22. The van der Waals surface area contributed by atoms with E-state index in [0.29, 0.717) is 0 Å². The van der Waals surface area contributed by atoms with E-state index in [1.54, 1.807) is 12.1 Å². The Balaban J connectivity index is 1.89. The number of nitrogens with one attached hydrogen (secondary N) is 1. The number of ketones is 1. The van der Waals surface area contributed by atoms with Crippen molar-refractivity contribution in [3.05, 3.63) is 71.3 Å². The molecular weight excluding hydrogens is 375 g/mol. The lowest BCUT2D eigenvalue weighted by Crippen LogP contribution is -2.43. The van der Waals surface area contributed by atoms with E-state index in [1.165, 1.54) is 6.92 Å². The summed E-state index contributed by atoms with van der Waals surface area (Å²) in [5, 5.41) is 2.49. The zero-order valence-electron chi connectivity index (χ0n) is 15.0. The van der Waals surface area contributed by atoms with Crippen LogP contribution in [0.15, 0.2) is 54.6 Å². The number of Topliss-reactive ketones (excluding diaryl/α,β-unsaturated/α-hetero) is 1. The van der Waals surface area contributed by atoms with Gasteiger partial charge in [0.1, 0.15) is 0 Å². The van der Waals surface area contributed by atoms with Crippen LogP contribution in [0.4, 0.5) is 13.2 Å². The Labute approximate surface area is 159 Å². The Morgan fingerprint density at radius 2 is 1.61 bits per heavy atom. The lowest BCUT2D eigenvalue weighted by Gasteiger charge is -2.16. The number of alkyl halides is 3. The van der Waals surface area contributed by atoms with Gasteiger partial charge in [0.05, 0.1) is 17.2 Å². The first-order chi connectivity index (χ1) is 13.2. The molecule has 0 spiro atoms. The summed E-state index contributed by atoms with van der Waals surface area (Å²) in [5.41, 5.74) is -0.162. The van der Waals surface area contributed by atoms with Crippen LogP contribution in [-0.4, -0.2) is 30.3 Å². The van der Waals surface area contributed by atoms with Gasteiger partial charge < -0.3 is 10.1 Å². The molecule has 0 saturated heterocycles. The van der Waals surface area contributed by atoms with Gasteiger partial charge in [0.25, 0.3) is 5.91 Å². The molecule has 28 heavy (non-hydrogen) atoms. The number of carbonyl (C=O) groups is 3. The van der Waals surface area contributed by atoms with Crippen molar-refractivity contribution in [1.29, 1.82) is 0 Å². The molecule has 5 nitrogen and oxygen atoms in total. The predicted molar refractivity (Wildman–Crippen MR) is 94.5 cm³/mol. The van der Waals surface area contributed by atoms with E-state index in [9.17, 15) is 27.6 Å². The van der Waals surface area contributed by atoms with Gasteiger partial charge in [-0.05, 0) is 43.2 Å². The number of amides is 1. The van der Waals surface area contributed by atoms with Crippen molar-refractivity contribution >= 4 is 17.7 Å². The minimum atomic E-state index is -4.51. The predicted octanol–water partition coefficient (Wildman–Crippen LogP) is 3.18. The Hall–Kier alpha value is -3.16. The minimum Gasteiger partial charge on any atom is -0.452 e. The molecule has 0 radical (unpaired) electrons. The molecule has 0 aromatic heterocycles. The molecule has 1 amide bonds. The van der Waals surface area contributed by atoms with Crippen molar-refractivity contribution in [2.24, 2.45) is 0 Å². The standard InChI is InChI=1S/C20H18F3NO4/c1-13(25)17(11-14-5-3-2-4-6-14)24-18(26)12-28-19(27)15-7-9-16(10-8-15)20(21,22)23/h2-10,17H,11-12H2,1H3,(H,24,26)/t17-/m1/s1. The summed E-state index contributed by atoms with van der Waals surface area (Å²) < 4.78 is 42.4. The van der Waals surface area contributed by atoms with E-state index in [-0.39, 0.29) is 17.8 Å². The first kappa shape index (κ1) is 21.1. The maximum atomic E-state index is 12.5. The molecule has 0 fully saturated rings. The first-order valence-corrected chi connectivity index (χ1v) is 8.35. The monoisotopic (exact) mass is 393 g/mol. The molecule has 2 aromatic rings. The molecule has 148 valence electrons. The molecule has 0 bridgehead atoms.